The van der Waals surface area contributed by atoms with Crippen molar-refractivity contribution in [3.05, 3.63) is 29.8 Å². The Bertz CT molecular complexity index is 350. The van der Waals surface area contributed by atoms with E-state index in [9.17, 15) is 0 Å². The lowest BCUT2D eigenvalue weighted by Crippen LogP contribution is -2.43. The number of hydrogen-bond acceptors (Lipinski definition) is 4. The Morgan fingerprint density at radius 2 is 2.12 bits per heavy atom. The number of hydrogen-bond donors (Lipinski definition) is 3. The van der Waals surface area contributed by atoms with Gasteiger partial charge < -0.3 is 21.1 Å². The van der Waals surface area contributed by atoms with E-state index >= 15 is 0 Å². The number of piperazine rings is 1. The lowest BCUT2D eigenvalue weighted by molar-refractivity contribution is 0.265. The summed E-state index contributed by atoms with van der Waals surface area (Å²) < 4.78 is 0. The second-order valence-corrected chi connectivity index (χ2v) is 4.55. The number of nitrogens with zero attached hydrogens (tertiary/aromatic N) is 1. The van der Waals surface area contributed by atoms with Gasteiger partial charge in [-0.1, -0.05) is 12.1 Å². The summed E-state index contributed by atoms with van der Waals surface area (Å²) in [6, 6.07) is 8.30. The van der Waals surface area contributed by atoms with Gasteiger partial charge in [0.25, 0.3) is 0 Å². The van der Waals surface area contributed by atoms with Crippen molar-refractivity contribution in [3.8, 4) is 0 Å². The highest BCUT2D eigenvalue weighted by Crippen LogP contribution is 2.17. The Hall–Kier alpha value is -1.10. The average molecular weight is 235 g/mol. The van der Waals surface area contributed by atoms with Crippen LogP contribution in [0.5, 0.6) is 0 Å². The molecule has 4 heteroatoms. The Balaban J connectivity index is 2.05. The number of benzene rings is 1. The molecule has 0 aliphatic carbocycles. The Morgan fingerprint density at radius 1 is 1.35 bits per heavy atom. The van der Waals surface area contributed by atoms with E-state index in [2.05, 4.69) is 34.5 Å². The van der Waals surface area contributed by atoms with Crippen LogP contribution in [0.15, 0.2) is 24.3 Å². The highest BCUT2D eigenvalue weighted by molar-refractivity contribution is 5.49. The fourth-order valence-electron chi connectivity index (χ4n) is 2.17. The fourth-order valence-corrected chi connectivity index (χ4v) is 2.17. The van der Waals surface area contributed by atoms with Gasteiger partial charge in [-0.15, -0.1) is 0 Å². The van der Waals surface area contributed by atoms with E-state index in [0.717, 1.165) is 32.6 Å². The molecule has 1 heterocycles. The number of anilines is 1. The SMILES string of the molecule is NC(CO)Cc1cccc(N2CCNCC2)c1. The second-order valence-electron chi connectivity index (χ2n) is 4.55. The number of rotatable bonds is 4. The quantitative estimate of drug-likeness (QED) is 0.685. The Morgan fingerprint density at radius 3 is 2.82 bits per heavy atom. The molecule has 0 radical (unpaired) electrons. The Labute approximate surface area is 102 Å². The smallest absolute Gasteiger partial charge is 0.0585 e. The lowest BCUT2D eigenvalue weighted by atomic mass is 10.1. The molecule has 0 bridgehead atoms. The van der Waals surface area contributed by atoms with Crippen LogP contribution in [0.1, 0.15) is 5.56 Å². The van der Waals surface area contributed by atoms with Gasteiger partial charge in [-0.05, 0) is 24.1 Å². The van der Waals surface area contributed by atoms with Crippen molar-refractivity contribution in [2.45, 2.75) is 12.5 Å². The molecule has 4 N–H and O–H groups in total. The maximum atomic E-state index is 8.97. The van der Waals surface area contributed by atoms with Gasteiger partial charge in [0, 0.05) is 37.9 Å². The van der Waals surface area contributed by atoms with E-state index in [-0.39, 0.29) is 12.6 Å². The summed E-state index contributed by atoms with van der Waals surface area (Å²) in [4.78, 5) is 2.38. The number of nitrogens with one attached hydrogen (secondary N) is 1. The summed E-state index contributed by atoms with van der Waals surface area (Å²) in [6.07, 6.45) is 0.733. The van der Waals surface area contributed by atoms with Crippen molar-refractivity contribution in [1.29, 1.82) is 0 Å². The molecule has 1 fully saturated rings. The summed E-state index contributed by atoms with van der Waals surface area (Å²) in [6.45, 7) is 4.23. The molecule has 2 rings (SSSR count). The summed E-state index contributed by atoms with van der Waals surface area (Å²) in [5, 5.41) is 12.3. The summed E-state index contributed by atoms with van der Waals surface area (Å²) in [7, 11) is 0. The van der Waals surface area contributed by atoms with E-state index in [1.165, 1.54) is 11.3 Å². The third-order valence-corrected chi connectivity index (χ3v) is 3.13. The van der Waals surface area contributed by atoms with E-state index in [0.29, 0.717) is 0 Å². The van der Waals surface area contributed by atoms with Crippen molar-refractivity contribution in [2.75, 3.05) is 37.7 Å². The van der Waals surface area contributed by atoms with Crippen molar-refractivity contribution in [1.82, 2.24) is 5.32 Å². The molecule has 0 amide bonds. The third kappa shape index (κ3) is 3.43. The van der Waals surface area contributed by atoms with Crippen LogP contribution in [0.3, 0.4) is 0 Å². The molecule has 94 valence electrons. The zero-order valence-corrected chi connectivity index (χ0v) is 10.1. The molecular formula is C13H21N3O. The zero-order chi connectivity index (χ0) is 12.1. The molecule has 1 aliphatic heterocycles. The maximum absolute atomic E-state index is 8.97. The van der Waals surface area contributed by atoms with Gasteiger partial charge in [-0.2, -0.15) is 0 Å². The first-order valence-electron chi connectivity index (χ1n) is 6.20. The van der Waals surface area contributed by atoms with Gasteiger partial charge in [-0.3, -0.25) is 0 Å². The van der Waals surface area contributed by atoms with Crippen molar-refractivity contribution >= 4 is 5.69 Å². The molecule has 4 nitrogen and oxygen atoms in total. The monoisotopic (exact) mass is 235 g/mol. The van der Waals surface area contributed by atoms with Crippen LogP contribution >= 0.6 is 0 Å². The van der Waals surface area contributed by atoms with Crippen LogP contribution in [-0.4, -0.2) is 43.9 Å². The molecule has 1 unspecified atom stereocenters. The molecule has 0 spiro atoms. The molecule has 1 aromatic rings. The average Bonchev–Trinajstić information content (AvgIpc) is 2.40. The normalized spacial score (nSPS) is 18.1. The second kappa shape index (κ2) is 6.00. The predicted molar refractivity (Wildman–Crippen MR) is 70.3 cm³/mol. The highest BCUT2D eigenvalue weighted by atomic mass is 16.3. The molecule has 1 atom stereocenters. The zero-order valence-electron chi connectivity index (χ0n) is 10.1. The largest absolute Gasteiger partial charge is 0.395 e. The number of nitrogens with two attached hydrogens (primary N) is 1. The van der Waals surface area contributed by atoms with E-state index in [1.54, 1.807) is 0 Å². The van der Waals surface area contributed by atoms with Gasteiger partial charge in [0.1, 0.15) is 0 Å². The molecule has 1 aliphatic rings. The summed E-state index contributed by atoms with van der Waals surface area (Å²) >= 11 is 0. The molecule has 1 aromatic carbocycles. The van der Waals surface area contributed by atoms with Crippen molar-refractivity contribution < 1.29 is 5.11 Å². The summed E-state index contributed by atoms with van der Waals surface area (Å²) in [5.41, 5.74) is 8.22. The standard InChI is InChI=1S/C13H21N3O/c14-12(10-17)8-11-2-1-3-13(9-11)16-6-4-15-5-7-16/h1-3,9,12,15,17H,4-8,10,14H2. The first-order valence-corrected chi connectivity index (χ1v) is 6.20. The van der Waals surface area contributed by atoms with Crippen LogP contribution in [0.4, 0.5) is 5.69 Å². The van der Waals surface area contributed by atoms with Gasteiger partial charge in [0.2, 0.25) is 0 Å². The van der Waals surface area contributed by atoms with Gasteiger partial charge in [-0.25, -0.2) is 0 Å². The fraction of sp³-hybridized carbons (Fsp3) is 0.538. The highest BCUT2D eigenvalue weighted by Gasteiger charge is 2.11. The number of aliphatic hydroxyl groups is 1. The van der Waals surface area contributed by atoms with Crippen LogP contribution in [0.25, 0.3) is 0 Å². The van der Waals surface area contributed by atoms with Crippen LogP contribution < -0.4 is 16.0 Å². The third-order valence-electron chi connectivity index (χ3n) is 3.13. The first-order chi connectivity index (χ1) is 8.29. The summed E-state index contributed by atoms with van der Waals surface area (Å²) in [5.74, 6) is 0. The van der Waals surface area contributed by atoms with E-state index in [1.807, 2.05) is 0 Å². The molecule has 0 aromatic heterocycles. The van der Waals surface area contributed by atoms with E-state index < -0.39 is 0 Å². The predicted octanol–water partition coefficient (Wildman–Crippen LogP) is -0.0417. The van der Waals surface area contributed by atoms with Gasteiger partial charge in [0.05, 0.1) is 6.61 Å². The minimum Gasteiger partial charge on any atom is -0.395 e. The van der Waals surface area contributed by atoms with Gasteiger partial charge >= 0.3 is 0 Å². The Kier molecular flexibility index (Phi) is 4.36. The molecule has 17 heavy (non-hydrogen) atoms. The molecule has 0 saturated carbocycles. The van der Waals surface area contributed by atoms with Crippen LogP contribution in [0.2, 0.25) is 0 Å². The minimum atomic E-state index is -0.159. The van der Waals surface area contributed by atoms with Crippen LogP contribution in [-0.2, 0) is 6.42 Å². The maximum Gasteiger partial charge on any atom is 0.0585 e. The first kappa shape index (κ1) is 12.4. The lowest BCUT2D eigenvalue weighted by Gasteiger charge is -2.29. The molecule has 1 saturated heterocycles. The van der Waals surface area contributed by atoms with E-state index in [4.69, 9.17) is 10.8 Å². The number of aliphatic hydroxyl groups excluding tert-OH is 1. The van der Waals surface area contributed by atoms with Gasteiger partial charge in [0.15, 0.2) is 0 Å². The van der Waals surface area contributed by atoms with Crippen molar-refractivity contribution in [2.24, 2.45) is 5.73 Å². The minimum absolute atomic E-state index is 0.0395. The van der Waals surface area contributed by atoms with Crippen molar-refractivity contribution in [3.63, 3.8) is 0 Å². The molecular weight excluding hydrogens is 214 g/mol. The topological polar surface area (TPSA) is 61.5 Å². The van der Waals surface area contributed by atoms with Crippen LogP contribution in [0, 0.1) is 0 Å².